The molecule has 1 aromatic carbocycles. The molecule has 2 saturated heterocycles. The number of nitrogens with zero attached hydrogens (tertiary/aromatic N) is 1. The monoisotopic (exact) mass is 260 g/mol. The van der Waals surface area contributed by atoms with Gasteiger partial charge in [-0.05, 0) is 23.3 Å². The Kier molecular flexibility index (Phi) is 2.44. The van der Waals surface area contributed by atoms with Crippen LogP contribution in [-0.4, -0.2) is 39.4 Å². The summed E-state index contributed by atoms with van der Waals surface area (Å²) in [4.78, 5) is 2.06. The summed E-state index contributed by atoms with van der Waals surface area (Å²) in [6, 6.07) is 5.71. The van der Waals surface area contributed by atoms with E-state index in [0.717, 1.165) is 31.7 Å². The van der Waals surface area contributed by atoms with Gasteiger partial charge >= 0.3 is 0 Å². The molecule has 19 heavy (non-hydrogen) atoms. The molecule has 1 atom stereocenters. The van der Waals surface area contributed by atoms with E-state index in [2.05, 4.69) is 22.4 Å². The highest BCUT2D eigenvalue weighted by molar-refractivity contribution is 5.61. The molecule has 1 N–H and O–H groups in total. The van der Waals surface area contributed by atoms with Gasteiger partial charge in [-0.1, -0.05) is 12.1 Å². The molecule has 3 aliphatic rings. The van der Waals surface area contributed by atoms with Crippen molar-refractivity contribution in [2.75, 3.05) is 44.3 Å². The van der Waals surface area contributed by atoms with Crippen molar-refractivity contribution < 1.29 is 9.13 Å². The zero-order valence-electron chi connectivity index (χ0n) is 10.8. The van der Waals surface area contributed by atoms with E-state index >= 15 is 0 Å². The highest BCUT2D eigenvalue weighted by Gasteiger charge is 2.48. The van der Waals surface area contributed by atoms with Gasteiger partial charge in [-0.25, -0.2) is 4.39 Å². The van der Waals surface area contributed by atoms with Crippen LogP contribution in [0.3, 0.4) is 0 Å². The van der Waals surface area contributed by atoms with E-state index in [4.69, 9.17) is 4.74 Å². The molecule has 1 aromatic rings. The van der Waals surface area contributed by atoms with Crippen molar-refractivity contribution in [3.05, 3.63) is 41.2 Å². The molecule has 0 radical (unpaired) electrons. The van der Waals surface area contributed by atoms with Gasteiger partial charge in [0.2, 0.25) is 0 Å². The van der Waals surface area contributed by atoms with Crippen LogP contribution in [0.5, 0.6) is 0 Å². The van der Waals surface area contributed by atoms with Crippen LogP contribution < -0.4 is 10.2 Å². The van der Waals surface area contributed by atoms with Crippen molar-refractivity contribution in [1.29, 1.82) is 0 Å². The Morgan fingerprint density at radius 2 is 2.11 bits per heavy atom. The third-order valence-corrected chi connectivity index (χ3v) is 4.44. The molecule has 2 aliphatic heterocycles. The van der Waals surface area contributed by atoms with Gasteiger partial charge in [0, 0.05) is 31.6 Å². The molecule has 4 rings (SSSR count). The summed E-state index contributed by atoms with van der Waals surface area (Å²) in [7, 11) is 0. The quantitative estimate of drug-likeness (QED) is 0.814. The minimum Gasteiger partial charge on any atom is -0.378 e. The zero-order valence-corrected chi connectivity index (χ0v) is 10.8. The van der Waals surface area contributed by atoms with E-state index in [0.29, 0.717) is 18.9 Å². The number of benzene rings is 1. The molecular formula is C15H17FN2O. The highest BCUT2D eigenvalue weighted by atomic mass is 19.1. The van der Waals surface area contributed by atoms with Crippen LogP contribution in [0.15, 0.2) is 29.8 Å². The van der Waals surface area contributed by atoms with Crippen molar-refractivity contribution in [3.8, 4) is 0 Å². The van der Waals surface area contributed by atoms with E-state index in [1.165, 1.54) is 5.57 Å². The van der Waals surface area contributed by atoms with E-state index in [9.17, 15) is 4.39 Å². The SMILES string of the molecule is Fc1cc(C23C=C2CNC3)ccc1N1CCOCC1. The summed E-state index contributed by atoms with van der Waals surface area (Å²) < 4.78 is 19.7. The molecule has 4 heteroatoms. The lowest BCUT2D eigenvalue weighted by Gasteiger charge is -2.29. The first-order valence-corrected chi connectivity index (χ1v) is 6.85. The standard InChI is InChI=1S/C15H17FN2O/c16-13-7-11(15-8-12(15)9-17-10-15)1-2-14(13)18-3-5-19-6-4-18/h1-2,7-8,17H,3-6,9-10H2. The molecule has 2 fully saturated rings. The van der Waals surface area contributed by atoms with Crippen LogP contribution in [0.25, 0.3) is 0 Å². The molecular weight excluding hydrogens is 243 g/mol. The maximum Gasteiger partial charge on any atom is 0.146 e. The van der Waals surface area contributed by atoms with Crippen LogP contribution >= 0.6 is 0 Å². The molecule has 100 valence electrons. The van der Waals surface area contributed by atoms with Crippen LogP contribution in [-0.2, 0) is 10.2 Å². The average molecular weight is 260 g/mol. The smallest absolute Gasteiger partial charge is 0.146 e. The number of ether oxygens (including phenoxy) is 1. The predicted molar refractivity (Wildman–Crippen MR) is 72.1 cm³/mol. The van der Waals surface area contributed by atoms with E-state index in [1.807, 2.05) is 6.07 Å². The van der Waals surface area contributed by atoms with Gasteiger partial charge in [0.1, 0.15) is 5.82 Å². The van der Waals surface area contributed by atoms with Crippen LogP contribution in [0, 0.1) is 5.82 Å². The number of morpholine rings is 1. The van der Waals surface area contributed by atoms with Gasteiger partial charge in [0.25, 0.3) is 0 Å². The fourth-order valence-electron chi connectivity index (χ4n) is 3.24. The molecule has 0 amide bonds. The summed E-state index contributed by atoms with van der Waals surface area (Å²) in [5.41, 5.74) is 3.23. The maximum atomic E-state index is 14.4. The number of hydrogen-bond donors (Lipinski definition) is 1. The number of rotatable bonds is 2. The Bertz CT molecular complexity index is 551. The second-order valence-electron chi connectivity index (χ2n) is 5.51. The first-order valence-electron chi connectivity index (χ1n) is 6.85. The highest BCUT2D eigenvalue weighted by Crippen LogP contribution is 2.49. The van der Waals surface area contributed by atoms with Gasteiger partial charge in [-0.2, -0.15) is 0 Å². The zero-order chi connectivity index (χ0) is 12.9. The molecule has 0 bridgehead atoms. The van der Waals surface area contributed by atoms with E-state index in [1.54, 1.807) is 6.07 Å². The van der Waals surface area contributed by atoms with Crippen LogP contribution in [0.2, 0.25) is 0 Å². The molecule has 0 spiro atoms. The minimum atomic E-state index is -0.111. The van der Waals surface area contributed by atoms with Crippen molar-refractivity contribution in [2.24, 2.45) is 0 Å². The Morgan fingerprint density at radius 3 is 2.74 bits per heavy atom. The molecule has 0 saturated carbocycles. The normalized spacial score (nSPS) is 29.1. The first kappa shape index (κ1) is 11.4. The molecule has 1 aliphatic carbocycles. The maximum absolute atomic E-state index is 14.4. The number of anilines is 1. The van der Waals surface area contributed by atoms with E-state index in [-0.39, 0.29) is 11.2 Å². The van der Waals surface area contributed by atoms with Crippen molar-refractivity contribution in [3.63, 3.8) is 0 Å². The average Bonchev–Trinajstić information content (AvgIpc) is 3.02. The topological polar surface area (TPSA) is 24.5 Å². The second kappa shape index (κ2) is 4.05. The lowest BCUT2D eigenvalue weighted by molar-refractivity contribution is 0.122. The van der Waals surface area contributed by atoms with Gasteiger partial charge in [-0.3, -0.25) is 0 Å². The van der Waals surface area contributed by atoms with Crippen LogP contribution in [0.1, 0.15) is 5.56 Å². The fourth-order valence-corrected chi connectivity index (χ4v) is 3.24. The third kappa shape index (κ3) is 1.70. The number of hydrogen-bond acceptors (Lipinski definition) is 3. The first-order chi connectivity index (χ1) is 9.29. The molecule has 2 heterocycles. The van der Waals surface area contributed by atoms with Crippen LogP contribution in [0.4, 0.5) is 10.1 Å². The Labute approximate surface area is 112 Å². The third-order valence-electron chi connectivity index (χ3n) is 4.44. The Morgan fingerprint density at radius 1 is 1.26 bits per heavy atom. The van der Waals surface area contributed by atoms with Gasteiger partial charge < -0.3 is 15.0 Å². The largest absolute Gasteiger partial charge is 0.378 e. The number of nitrogens with one attached hydrogen (secondary N) is 1. The Balaban J connectivity index is 1.62. The second-order valence-corrected chi connectivity index (χ2v) is 5.51. The number of halogens is 1. The van der Waals surface area contributed by atoms with Gasteiger partial charge in [0.15, 0.2) is 0 Å². The van der Waals surface area contributed by atoms with E-state index < -0.39 is 0 Å². The number of fused-ring (bicyclic) bond motifs is 1. The molecule has 1 unspecified atom stereocenters. The summed E-state index contributed by atoms with van der Waals surface area (Å²) in [5.74, 6) is -0.111. The van der Waals surface area contributed by atoms with Crippen molar-refractivity contribution in [1.82, 2.24) is 5.32 Å². The molecule has 0 aromatic heterocycles. The fraction of sp³-hybridized carbons (Fsp3) is 0.467. The Hall–Kier alpha value is -1.39. The minimum absolute atomic E-state index is 0.0321. The lowest BCUT2D eigenvalue weighted by Crippen LogP contribution is -2.36. The van der Waals surface area contributed by atoms with Crippen molar-refractivity contribution >= 4 is 5.69 Å². The van der Waals surface area contributed by atoms with Gasteiger partial charge in [-0.15, -0.1) is 0 Å². The summed E-state index contributed by atoms with van der Waals surface area (Å²) in [6.07, 6.45) is 2.26. The lowest BCUT2D eigenvalue weighted by atomic mass is 9.92. The summed E-state index contributed by atoms with van der Waals surface area (Å²) in [6.45, 7) is 4.77. The summed E-state index contributed by atoms with van der Waals surface area (Å²) in [5, 5.41) is 3.34. The van der Waals surface area contributed by atoms with Crippen molar-refractivity contribution in [2.45, 2.75) is 5.41 Å². The van der Waals surface area contributed by atoms with Gasteiger partial charge in [0.05, 0.1) is 18.9 Å². The molecule has 3 nitrogen and oxygen atoms in total. The summed E-state index contributed by atoms with van der Waals surface area (Å²) >= 11 is 0. The predicted octanol–water partition coefficient (Wildman–Crippen LogP) is 1.44.